The summed E-state index contributed by atoms with van der Waals surface area (Å²) in [6.45, 7) is 3.24. The van der Waals surface area contributed by atoms with Gasteiger partial charge in [0, 0.05) is 11.6 Å². The predicted molar refractivity (Wildman–Crippen MR) is 76.0 cm³/mol. The van der Waals surface area contributed by atoms with Crippen molar-refractivity contribution in [3.05, 3.63) is 34.9 Å². The topological polar surface area (TPSA) is 57.6 Å². The Balaban J connectivity index is 2.13. The van der Waals surface area contributed by atoms with Crippen LogP contribution in [0.5, 0.6) is 0 Å². The highest BCUT2D eigenvalue weighted by Crippen LogP contribution is 2.21. The van der Waals surface area contributed by atoms with Gasteiger partial charge in [-0.25, -0.2) is 8.42 Å². The second-order valence-electron chi connectivity index (χ2n) is 4.90. The van der Waals surface area contributed by atoms with Crippen LogP contribution in [0.1, 0.15) is 12.5 Å². The lowest BCUT2D eigenvalue weighted by Crippen LogP contribution is -2.42. The minimum atomic E-state index is -3.12. The standard InChI is InChI=1S/C13H18ClNO3S/c1-2-15(7-10-4-3-5-11(14)6-10)12-8-19(17,18)9-13(12)16/h3-6,12-13,16H,2,7-9H2,1H3/t12-,13+/m0/s1. The molecule has 0 aromatic heterocycles. The number of nitrogens with zero attached hydrogens (tertiary/aromatic N) is 1. The maximum atomic E-state index is 11.6. The third-order valence-corrected chi connectivity index (χ3v) is 5.38. The Bertz CT molecular complexity index is 547. The van der Waals surface area contributed by atoms with Crippen LogP contribution in [0.15, 0.2) is 24.3 Å². The fraction of sp³-hybridized carbons (Fsp3) is 0.538. The fourth-order valence-corrected chi connectivity index (χ4v) is 4.54. The number of aliphatic hydroxyl groups excluding tert-OH is 1. The van der Waals surface area contributed by atoms with Gasteiger partial charge in [-0.05, 0) is 24.2 Å². The van der Waals surface area contributed by atoms with E-state index in [0.29, 0.717) is 18.1 Å². The number of halogens is 1. The Kier molecular flexibility index (Phi) is 4.50. The zero-order valence-corrected chi connectivity index (χ0v) is 12.4. The van der Waals surface area contributed by atoms with Crippen LogP contribution in [-0.4, -0.2) is 48.6 Å². The molecule has 1 aliphatic heterocycles. The van der Waals surface area contributed by atoms with Crippen molar-refractivity contribution in [3.63, 3.8) is 0 Å². The van der Waals surface area contributed by atoms with Crippen LogP contribution in [0.2, 0.25) is 5.02 Å². The molecular weight excluding hydrogens is 286 g/mol. The summed E-state index contributed by atoms with van der Waals surface area (Å²) < 4.78 is 23.1. The van der Waals surface area contributed by atoms with Crippen molar-refractivity contribution >= 4 is 21.4 Å². The highest BCUT2D eigenvalue weighted by Gasteiger charge is 2.39. The number of hydrogen-bond acceptors (Lipinski definition) is 4. The van der Waals surface area contributed by atoms with Crippen molar-refractivity contribution in [2.45, 2.75) is 25.6 Å². The number of aliphatic hydroxyl groups is 1. The molecule has 1 heterocycles. The average Bonchev–Trinajstić information content (AvgIpc) is 2.60. The summed E-state index contributed by atoms with van der Waals surface area (Å²) in [4.78, 5) is 1.99. The van der Waals surface area contributed by atoms with Crippen LogP contribution in [0.3, 0.4) is 0 Å². The summed E-state index contributed by atoms with van der Waals surface area (Å²) in [6, 6.07) is 7.16. The predicted octanol–water partition coefficient (Wildman–Crippen LogP) is 1.32. The first-order chi connectivity index (χ1) is 8.91. The molecule has 1 fully saturated rings. The Morgan fingerprint density at radius 1 is 1.42 bits per heavy atom. The van der Waals surface area contributed by atoms with Gasteiger partial charge in [-0.15, -0.1) is 0 Å². The number of sulfone groups is 1. The van der Waals surface area contributed by atoms with Crippen molar-refractivity contribution in [1.29, 1.82) is 0 Å². The highest BCUT2D eigenvalue weighted by atomic mass is 35.5. The Morgan fingerprint density at radius 2 is 2.16 bits per heavy atom. The van der Waals surface area contributed by atoms with E-state index in [1.165, 1.54) is 0 Å². The van der Waals surface area contributed by atoms with E-state index in [9.17, 15) is 13.5 Å². The largest absolute Gasteiger partial charge is 0.390 e. The molecule has 1 saturated heterocycles. The first-order valence-corrected chi connectivity index (χ1v) is 8.48. The van der Waals surface area contributed by atoms with E-state index in [-0.39, 0.29) is 17.5 Å². The first kappa shape index (κ1) is 14.8. The third-order valence-electron chi connectivity index (χ3n) is 3.44. The zero-order chi connectivity index (χ0) is 14.0. The molecule has 6 heteroatoms. The van der Waals surface area contributed by atoms with Gasteiger partial charge >= 0.3 is 0 Å². The maximum Gasteiger partial charge on any atom is 0.154 e. The van der Waals surface area contributed by atoms with E-state index in [2.05, 4.69) is 0 Å². The molecule has 2 rings (SSSR count). The molecule has 0 amide bonds. The smallest absolute Gasteiger partial charge is 0.154 e. The van der Waals surface area contributed by atoms with E-state index in [1.54, 1.807) is 6.07 Å². The molecule has 1 aliphatic rings. The van der Waals surface area contributed by atoms with Gasteiger partial charge < -0.3 is 5.11 Å². The Hall–Kier alpha value is -0.620. The van der Waals surface area contributed by atoms with Gasteiger partial charge in [0.2, 0.25) is 0 Å². The molecule has 106 valence electrons. The normalized spacial score (nSPS) is 25.9. The van der Waals surface area contributed by atoms with Crippen molar-refractivity contribution in [1.82, 2.24) is 4.90 Å². The number of likely N-dealkylation sites (N-methyl/N-ethyl adjacent to an activating group) is 1. The van der Waals surface area contributed by atoms with Crippen molar-refractivity contribution in [2.75, 3.05) is 18.1 Å². The molecule has 1 aromatic rings. The summed E-state index contributed by atoms with van der Waals surface area (Å²) in [6.07, 6.45) is -0.802. The summed E-state index contributed by atoms with van der Waals surface area (Å²) in [5, 5.41) is 10.6. The van der Waals surface area contributed by atoms with Crippen LogP contribution < -0.4 is 0 Å². The molecule has 0 bridgehead atoms. The number of hydrogen-bond donors (Lipinski definition) is 1. The Morgan fingerprint density at radius 3 is 2.68 bits per heavy atom. The molecule has 0 radical (unpaired) electrons. The Labute approximate surface area is 118 Å². The quantitative estimate of drug-likeness (QED) is 0.911. The lowest BCUT2D eigenvalue weighted by Gasteiger charge is -2.28. The molecular formula is C13H18ClNO3S. The van der Waals surface area contributed by atoms with Gasteiger partial charge in [-0.3, -0.25) is 4.90 Å². The molecule has 1 N–H and O–H groups in total. The van der Waals surface area contributed by atoms with Gasteiger partial charge in [0.05, 0.1) is 23.7 Å². The molecule has 4 nitrogen and oxygen atoms in total. The van der Waals surface area contributed by atoms with Gasteiger partial charge in [0.25, 0.3) is 0 Å². The van der Waals surface area contributed by atoms with E-state index in [0.717, 1.165) is 5.56 Å². The lowest BCUT2D eigenvalue weighted by molar-refractivity contribution is 0.0819. The van der Waals surface area contributed by atoms with Crippen molar-refractivity contribution < 1.29 is 13.5 Å². The monoisotopic (exact) mass is 303 g/mol. The molecule has 0 aliphatic carbocycles. The van der Waals surface area contributed by atoms with Gasteiger partial charge in [-0.2, -0.15) is 0 Å². The van der Waals surface area contributed by atoms with Crippen LogP contribution >= 0.6 is 11.6 Å². The van der Waals surface area contributed by atoms with E-state index in [4.69, 9.17) is 11.6 Å². The van der Waals surface area contributed by atoms with E-state index < -0.39 is 15.9 Å². The minimum Gasteiger partial charge on any atom is -0.390 e. The third kappa shape index (κ3) is 3.69. The second-order valence-corrected chi connectivity index (χ2v) is 7.49. The maximum absolute atomic E-state index is 11.6. The molecule has 0 spiro atoms. The van der Waals surface area contributed by atoms with Crippen LogP contribution in [0.25, 0.3) is 0 Å². The first-order valence-electron chi connectivity index (χ1n) is 6.28. The SMILES string of the molecule is CCN(Cc1cccc(Cl)c1)[C@H]1CS(=O)(=O)C[C@H]1O. The fourth-order valence-electron chi connectivity index (χ4n) is 2.49. The molecule has 0 unspecified atom stereocenters. The van der Waals surface area contributed by atoms with Gasteiger partial charge in [-0.1, -0.05) is 30.7 Å². The van der Waals surface area contributed by atoms with Crippen molar-refractivity contribution in [2.24, 2.45) is 0 Å². The van der Waals surface area contributed by atoms with Crippen LogP contribution in [0, 0.1) is 0 Å². The average molecular weight is 304 g/mol. The second kappa shape index (κ2) is 5.79. The number of benzene rings is 1. The highest BCUT2D eigenvalue weighted by molar-refractivity contribution is 7.91. The summed E-state index contributed by atoms with van der Waals surface area (Å²) >= 11 is 5.94. The van der Waals surface area contributed by atoms with E-state index >= 15 is 0 Å². The molecule has 2 atom stereocenters. The van der Waals surface area contributed by atoms with Crippen LogP contribution in [-0.2, 0) is 16.4 Å². The summed E-state index contributed by atoms with van der Waals surface area (Å²) in [5.41, 5.74) is 1.02. The van der Waals surface area contributed by atoms with E-state index in [1.807, 2.05) is 30.0 Å². The van der Waals surface area contributed by atoms with Gasteiger partial charge in [0.15, 0.2) is 9.84 Å². The van der Waals surface area contributed by atoms with Crippen molar-refractivity contribution in [3.8, 4) is 0 Å². The summed E-state index contributed by atoms with van der Waals surface area (Å²) in [5.74, 6) is -0.105. The molecule has 19 heavy (non-hydrogen) atoms. The van der Waals surface area contributed by atoms with Gasteiger partial charge in [0.1, 0.15) is 0 Å². The van der Waals surface area contributed by atoms with Crippen LogP contribution in [0.4, 0.5) is 0 Å². The minimum absolute atomic E-state index is 0.0303. The number of rotatable bonds is 4. The summed E-state index contributed by atoms with van der Waals surface area (Å²) in [7, 11) is -3.12. The molecule has 1 aromatic carbocycles. The zero-order valence-electron chi connectivity index (χ0n) is 10.8. The molecule has 0 saturated carbocycles. The lowest BCUT2D eigenvalue weighted by atomic mass is 10.1.